The molecule has 104 valence electrons. The maximum atomic E-state index is 11.0. The molecule has 0 aromatic heterocycles. The standard InChI is InChI=1S/C11H18O6S/c1-5-7-9(15-7)10-8(6-14-18(4,12)13)16-11(2,3)17-10/h5,7-10H,1,6H2,2-4H3/t7-,8-,9+,10+/m0/s1. The van der Waals surface area contributed by atoms with Crippen LogP contribution in [-0.4, -0.2) is 51.5 Å². The highest BCUT2D eigenvalue weighted by Gasteiger charge is 2.54. The van der Waals surface area contributed by atoms with Gasteiger partial charge in [-0.3, -0.25) is 4.18 Å². The molecule has 0 bridgehead atoms. The van der Waals surface area contributed by atoms with Crippen LogP contribution < -0.4 is 0 Å². The van der Waals surface area contributed by atoms with Crippen LogP contribution in [0.3, 0.4) is 0 Å². The highest BCUT2D eigenvalue weighted by molar-refractivity contribution is 7.85. The summed E-state index contributed by atoms with van der Waals surface area (Å²) in [5.41, 5.74) is 0. The van der Waals surface area contributed by atoms with Crippen molar-refractivity contribution in [2.75, 3.05) is 12.9 Å². The van der Waals surface area contributed by atoms with Crippen molar-refractivity contribution in [3.63, 3.8) is 0 Å². The van der Waals surface area contributed by atoms with Crippen LogP contribution in [0, 0.1) is 0 Å². The van der Waals surface area contributed by atoms with Gasteiger partial charge >= 0.3 is 0 Å². The molecule has 0 saturated carbocycles. The van der Waals surface area contributed by atoms with Crippen LogP contribution in [0.4, 0.5) is 0 Å². The first-order chi connectivity index (χ1) is 8.22. The first-order valence-electron chi connectivity index (χ1n) is 5.70. The van der Waals surface area contributed by atoms with E-state index in [1.165, 1.54) is 0 Å². The first kappa shape index (κ1) is 14.0. The zero-order valence-electron chi connectivity index (χ0n) is 10.7. The Morgan fingerprint density at radius 1 is 1.33 bits per heavy atom. The monoisotopic (exact) mass is 278 g/mol. The number of hydrogen-bond acceptors (Lipinski definition) is 6. The second-order valence-electron chi connectivity index (χ2n) is 4.93. The van der Waals surface area contributed by atoms with Crippen molar-refractivity contribution in [1.29, 1.82) is 0 Å². The second kappa shape index (κ2) is 4.57. The molecule has 0 N–H and O–H groups in total. The van der Waals surface area contributed by atoms with E-state index in [0.29, 0.717) is 0 Å². The van der Waals surface area contributed by atoms with Gasteiger partial charge in [0.25, 0.3) is 10.1 Å². The molecule has 0 radical (unpaired) electrons. The maximum absolute atomic E-state index is 11.0. The van der Waals surface area contributed by atoms with E-state index < -0.39 is 22.0 Å². The lowest BCUT2D eigenvalue weighted by Crippen LogP contribution is -2.33. The third kappa shape index (κ3) is 3.30. The lowest BCUT2D eigenvalue weighted by atomic mass is 10.1. The van der Waals surface area contributed by atoms with Crippen LogP contribution >= 0.6 is 0 Å². The second-order valence-corrected chi connectivity index (χ2v) is 6.57. The summed E-state index contributed by atoms with van der Waals surface area (Å²) in [6.45, 7) is 7.11. The van der Waals surface area contributed by atoms with E-state index >= 15 is 0 Å². The summed E-state index contributed by atoms with van der Waals surface area (Å²) in [6, 6.07) is 0. The fourth-order valence-corrected chi connectivity index (χ4v) is 2.43. The zero-order valence-corrected chi connectivity index (χ0v) is 11.5. The van der Waals surface area contributed by atoms with Gasteiger partial charge in [-0.15, -0.1) is 6.58 Å². The minimum absolute atomic E-state index is 0.0618. The highest BCUT2D eigenvalue weighted by Crippen LogP contribution is 2.38. The summed E-state index contributed by atoms with van der Waals surface area (Å²) in [6.07, 6.45) is 1.68. The van der Waals surface area contributed by atoms with Gasteiger partial charge in [-0.05, 0) is 13.8 Å². The van der Waals surface area contributed by atoms with E-state index in [1.54, 1.807) is 19.9 Å². The predicted octanol–water partition coefficient (Wildman–Crippen LogP) is 0.436. The molecule has 2 aliphatic rings. The molecule has 2 saturated heterocycles. The van der Waals surface area contributed by atoms with Crippen molar-refractivity contribution >= 4 is 10.1 Å². The molecule has 4 atom stereocenters. The van der Waals surface area contributed by atoms with Gasteiger partial charge in [0.2, 0.25) is 0 Å². The van der Waals surface area contributed by atoms with E-state index in [0.717, 1.165) is 6.26 Å². The van der Waals surface area contributed by atoms with Gasteiger partial charge in [-0.1, -0.05) is 6.08 Å². The summed E-state index contributed by atoms with van der Waals surface area (Å²) in [5, 5.41) is 0. The van der Waals surface area contributed by atoms with Crippen molar-refractivity contribution in [3.8, 4) is 0 Å². The Morgan fingerprint density at radius 3 is 2.50 bits per heavy atom. The average Bonchev–Trinajstić information content (AvgIpc) is 2.93. The Kier molecular flexibility index (Phi) is 3.54. The van der Waals surface area contributed by atoms with Gasteiger partial charge in [0, 0.05) is 0 Å². The summed E-state index contributed by atoms with van der Waals surface area (Å²) < 4.78 is 43.5. The molecule has 2 aliphatic heterocycles. The van der Waals surface area contributed by atoms with E-state index in [4.69, 9.17) is 18.4 Å². The topological polar surface area (TPSA) is 74.4 Å². The highest BCUT2D eigenvalue weighted by atomic mass is 32.2. The molecule has 0 aliphatic carbocycles. The van der Waals surface area contributed by atoms with Crippen molar-refractivity contribution in [1.82, 2.24) is 0 Å². The molecular formula is C11H18O6S. The SMILES string of the molecule is C=C[C@@H]1O[C@H]1[C@@H]1OC(C)(C)O[C@H]1COS(C)(=O)=O. The van der Waals surface area contributed by atoms with Gasteiger partial charge in [0.15, 0.2) is 5.79 Å². The Balaban J connectivity index is 2.00. The van der Waals surface area contributed by atoms with E-state index in [1.807, 2.05) is 0 Å². The average molecular weight is 278 g/mol. The Hall–Kier alpha value is -0.470. The van der Waals surface area contributed by atoms with Crippen molar-refractivity contribution < 1.29 is 26.8 Å². The van der Waals surface area contributed by atoms with E-state index in [2.05, 4.69) is 6.58 Å². The number of hydrogen-bond donors (Lipinski definition) is 0. The molecule has 7 heteroatoms. The van der Waals surface area contributed by atoms with Gasteiger partial charge in [-0.2, -0.15) is 8.42 Å². The molecule has 2 rings (SSSR count). The van der Waals surface area contributed by atoms with Crippen molar-refractivity contribution in [2.24, 2.45) is 0 Å². The molecule has 0 aromatic rings. The number of epoxide rings is 1. The van der Waals surface area contributed by atoms with Crippen LogP contribution in [0.15, 0.2) is 12.7 Å². The molecule has 0 spiro atoms. The quantitative estimate of drug-likeness (QED) is 0.412. The lowest BCUT2D eigenvalue weighted by molar-refractivity contribution is -0.149. The molecule has 2 fully saturated rings. The molecule has 2 heterocycles. The molecule has 0 aromatic carbocycles. The van der Waals surface area contributed by atoms with Gasteiger partial charge < -0.3 is 14.2 Å². The normalized spacial score (nSPS) is 38.6. The summed E-state index contributed by atoms with van der Waals surface area (Å²) in [5.74, 6) is -0.770. The summed E-state index contributed by atoms with van der Waals surface area (Å²) in [4.78, 5) is 0. The van der Waals surface area contributed by atoms with Crippen molar-refractivity contribution in [2.45, 2.75) is 44.1 Å². The van der Waals surface area contributed by atoms with Crippen LogP contribution in [-0.2, 0) is 28.5 Å². The molecule has 18 heavy (non-hydrogen) atoms. The lowest BCUT2D eigenvalue weighted by Gasteiger charge is -2.16. The number of rotatable bonds is 5. The minimum atomic E-state index is -3.49. The fraction of sp³-hybridized carbons (Fsp3) is 0.818. The summed E-state index contributed by atoms with van der Waals surface area (Å²) in [7, 11) is -3.49. The van der Waals surface area contributed by atoms with Gasteiger partial charge in [-0.25, -0.2) is 0 Å². The zero-order chi connectivity index (χ0) is 13.6. The predicted molar refractivity (Wildman–Crippen MR) is 63.5 cm³/mol. The largest absolute Gasteiger partial charge is 0.362 e. The summed E-state index contributed by atoms with van der Waals surface area (Å²) >= 11 is 0. The number of ether oxygens (including phenoxy) is 3. The molecule has 0 amide bonds. The smallest absolute Gasteiger partial charge is 0.264 e. The molecular weight excluding hydrogens is 260 g/mol. The Bertz CT molecular complexity index is 429. The van der Waals surface area contributed by atoms with E-state index in [9.17, 15) is 8.42 Å². The molecule has 0 unspecified atom stereocenters. The van der Waals surface area contributed by atoms with E-state index in [-0.39, 0.29) is 24.9 Å². The molecule has 6 nitrogen and oxygen atoms in total. The van der Waals surface area contributed by atoms with Crippen LogP contribution in [0.2, 0.25) is 0 Å². The fourth-order valence-electron chi connectivity index (χ4n) is 2.05. The van der Waals surface area contributed by atoms with Crippen LogP contribution in [0.5, 0.6) is 0 Å². The van der Waals surface area contributed by atoms with Gasteiger partial charge in [0.05, 0.1) is 12.9 Å². The Labute approximate surface area is 107 Å². The van der Waals surface area contributed by atoms with Gasteiger partial charge in [0.1, 0.15) is 24.4 Å². The van der Waals surface area contributed by atoms with Crippen LogP contribution in [0.1, 0.15) is 13.8 Å². The minimum Gasteiger partial charge on any atom is -0.362 e. The third-order valence-corrected chi connectivity index (χ3v) is 3.35. The van der Waals surface area contributed by atoms with Crippen molar-refractivity contribution in [3.05, 3.63) is 12.7 Å². The van der Waals surface area contributed by atoms with Crippen LogP contribution in [0.25, 0.3) is 0 Å². The first-order valence-corrected chi connectivity index (χ1v) is 7.51. The maximum Gasteiger partial charge on any atom is 0.264 e. The Morgan fingerprint density at radius 2 is 2.00 bits per heavy atom. The third-order valence-electron chi connectivity index (χ3n) is 2.79.